The lowest BCUT2D eigenvalue weighted by atomic mass is 10.2. The first-order valence-corrected chi connectivity index (χ1v) is 7.90. The Labute approximate surface area is 93.6 Å². The van der Waals surface area contributed by atoms with Gasteiger partial charge >= 0.3 is 0 Å². The van der Waals surface area contributed by atoms with E-state index in [4.69, 9.17) is 0 Å². The highest BCUT2D eigenvalue weighted by atomic mass is 32.2. The molecule has 1 saturated carbocycles. The molecule has 0 aromatic rings. The summed E-state index contributed by atoms with van der Waals surface area (Å²) in [5.74, 6) is 0.662. The van der Waals surface area contributed by atoms with Crippen molar-refractivity contribution in [2.45, 2.75) is 51.5 Å². The van der Waals surface area contributed by atoms with E-state index in [9.17, 15) is 8.42 Å². The molecule has 0 unspecified atom stereocenters. The van der Waals surface area contributed by atoms with Crippen molar-refractivity contribution in [2.75, 3.05) is 18.1 Å². The molecule has 90 valence electrons. The third kappa shape index (κ3) is 6.90. The van der Waals surface area contributed by atoms with Gasteiger partial charge in [0, 0.05) is 11.8 Å². The van der Waals surface area contributed by atoms with Crippen LogP contribution in [0.25, 0.3) is 0 Å². The van der Waals surface area contributed by atoms with Crippen LogP contribution in [0.2, 0.25) is 0 Å². The van der Waals surface area contributed by atoms with Gasteiger partial charge in [0.1, 0.15) is 9.84 Å². The van der Waals surface area contributed by atoms with E-state index in [0.29, 0.717) is 5.75 Å². The number of sulfone groups is 1. The predicted octanol–water partition coefficient (Wildman–Crippen LogP) is 1.73. The molecule has 3 nitrogen and oxygen atoms in total. The Hall–Kier alpha value is -0.0900. The average molecular weight is 233 g/mol. The van der Waals surface area contributed by atoms with Crippen LogP contribution < -0.4 is 5.32 Å². The molecule has 0 atom stereocenters. The molecule has 0 radical (unpaired) electrons. The van der Waals surface area contributed by atoms with Crippen molar-refractivity contribution in [1.29, 1.82) is 0 Å². The molecule has 0 spiro atoms. The summed E-state index contributed by atoms with van der Waals surface area (Å²) < 4.78 is 22.3. The minimum absolute atomic E-state index is 0.288. The van der Waals surface area contributed by atoms with Gasteiger partial charge in [0.15, 0.2) is 0 Å². The van der Waals surface area contributed by atoms with Gasteiger partial charge in [-0.05, 0) is 32.2 Å². The zero-order valence-electron chi connectivity index (χ0n) is 9.67. The van der Waals surface area contributed by atoms with Crippen LogP contribution in [-0.4, -0.2) is 32.5 Å². The second kappa shape index (κ2) is 6.48. The first-order valence-electron chi connectivity index (χ1n) is 6.08. The number of hydrogen-bond donors (Lipinski definition) is 1. The first-order chi connectivity index (χ1) is 7.14. The summed E-state index contributed by atoms with van der Waals surface area (Å²) in [7, 11) is -2.73. The summed E-state index contributed by atoms with van der Waals surface area (Å²) in [4.78, 5) is 0. The zero-order valence-corrected chi connectivity index (χ0v) is 10.5. The molecule has 1 fully saturated rings. The third-order valence-corrected chi connectivity index (χ3v) is 4.62. The number of rotatable bonds is 9. The van der Waals surface area contributed by atoms with E-state index in [2.05, 4.69) is 5.32 Å². The molecule has 1 aliphatic carbocycles. The van der Waals surface area contributed by atoms with Gasteiger partial charge in [-0.1, -0.05) is 19.8 Å². The largest absolute Gasteiger partial charge is 0.314 e. The summed E-state index contributed by atoms with van der Waals surface area (Å²) in [5, 5.41) is 3.46. The van der Waals surface area contributed by atoms with Crippen molar-refractivity contribution in [1.82, 2.24) is 5.32 Å². The van der Waals surface area contributed by atoms with Crippen molar-refractivity contribution < 1.29 is 8.42 Å². The molecule has 4 heteroatoms. The second-order valence-corrected chi connectivity index (χ2v) is 6.85. The maximum atomic E-state index is 11.2. The molecule has 0 aromatic heterocycles. The van der Waals surface area contributed by atoms with Crippen LogP contribution in [0.3, 0.4) is 0 Å². The minimum Gasteiger partial charge on any atom is -0.314 e. The number of unbranched alkanes of at least 4 members (excludes halogenated alkanes) is 3. The molecule has 15 heavy (non-hydrogen) atoms. The lowest BCUT2D eigenvalue weighted by molar-refractivity contribution is 0.579. The van der Waals surface area contributed by atoms with E-state index < -0.39 is 9.84 Å². The van der Waals surface area contributed by atoms with Gasteiger partial charge in [-0.25, -0.2) is 8.42 Å². The molecule has 0 aliphatic heterocycles. The first kappa shape index (κ1) is 13.0. The SMILES string of the molecule is CCS(=O)(=O)CCCCCCNC1CC1. The van der Waals surface area contributed by atoms with Gasteiger partial charge in [-0.3, -0.25) is 0 Å². The molecular weight excluding hydrogens is 210 g/mol. The molecule has 0 heterocycles. The fourth-order valence-corrected chi connectivity index (χ4v) is 2.47. The van der Waals surface area contributed by atoms with E-state index in [1.165, 1.54) is 19.3 Å². The van der Waals surface area contributed by atoms with Crippen LogP contribution in [0.5, 0.6) is 0 Å². The van der Waals surface area contributed by atoms with Gasteiger partial charge in [-0.15, -0.1) is 0 Å². The highest BCUT2D eigenvalue weighted by Crippen LogP contribution is 2.18. The number of hydrogen-bond acceptors (Lipinski definition) is 3. The molecule has 0 bridgehead atoms. The minimum atomic E-state index is -2.73. The lowest BCUT2D eigenvalue weighted by Gasteiger charge is -2.03. The van der Waals surface area contributed by atoms with E-state index >= 15 is 0 Å². The van der Waals surface area contributed by atoms with Gasteiger partial charge in [0.25, 0.3) is 0 Å². The quantitative estimate of drug-likeness (QED) is 0.617. The third-order valence-electron chi connectivity index (χ3n) is 2.83. The van der Waals surface area contributed by atoms with E-state index in [1.807, 2.05) is 0 Å². The smallest absolute Gasteiger partial charge is 0.150 e. The molecular formula is C11H23NO2S. The fourth-order valence-electron chi connectivity index (χ4n) is 1.54. The zero-order chi connectivity index (χ0) is 11.1. The fraction of sp³-hybridized carbons (Fsp3) is 1.00. The van der Waals surface area contributed by atoms with E-state index in [1.54, 1.807) is 6.92 Å². The highest BCUT2D eigenvalue weighted by molar-refractivity contribution is 7.91. The summed E-state index contributed by atoms with van der Waals surface area (Å²) >= 11 is 0. The van der Waals surface area contributed by atoms with Crippen molar-refractivity contribution in [3.8, 4) is 0 Å². The van der Waals surface area contributed by atoms with Crippen LogP contribution in [0.4, 0.5) is 0 Å². The molecule has 0 saturated heterocycles. The normalized spacial score (nSPS) is 16.9. The van der Waals surface area contributed by atoms with Gasteiger partial charge in [0.05, 0.1) is 5.75 Å². The Kier molecular flexibility index (Phi) is 5.61. The summed E-state index contributed by atoms with van der Waals surface area (Å²) in [6.07, 6.45) is 6.90. The summed E-state index contributed by atoms with van der Waals surface area (Å²) in [5.41, 5.74) is 0. The van der Waals surface area contributed by atoms with E-state index in [-0.39, 0.29) is 5.75 Å². The van der Waals surface area contributed by atoms with Crippen LogP contribution in [-0.2, 0) is 9.84 Å². The van der Waals surface area contributed by atoms with Gasteiger partial charge in [-0.2, -0.15) is 0 Å². The number of nitrogens with one attached hydrogen (secondary N) is 1. The van der Waals surface area contributed by atoms with Crippen molar-refractivity contribution in [2.24, 2.45) is 0 Å². The topological polar surface area (TPSA) is 46.2 Å². The Morgan fingerprint density at radius 3 is 2.40 bits per heavy atom. The Bertz CT molecular complexity index is 258. The van der Waals surface area contributed by atoms with Crippen LogP contribution in [0.1, 0.15) is 45.4 Å². The van der Waals surface area contributed by atoms with Crippen molar-refractivity contribution in [3.63, 3.8) is 0 Å². The van der Waals surface area contributed by atoms with Gasteiger partial charge in [0.2, 0.25) is 0 Å². The molecule has 1 aliphatic rings. The molecule has 1 rings (SSSR count). The Morgan fingerprint density at radius 2 is 1.80 bits per heavy atom. The lowest BCUT2D eigenvalue weighted by Crippen LogP contribution is -2.17. The Balaban J connectivity index is 1.83. The summed E-state index contributed by atoms with van der Waals surface area (Å²) in [6, 6.07) is 0.797. The monoisotopic (exact) mass is 233 g/mol. The second-order valence-electron chi connectivity index (χ2n) is 4.38. The van der Waals surface area contributed by atoms with Crippen LogP contribution in [0.15, 0.2) is 0 Å². The van der Waals surface area contributed by atoms with Crippen molar-refractivity contribution >= 4 is 9.84 Å². The molecule has 0 amide bonds. The standard InChI is InChI=1S/C11H23NO2S/c1-2-15(13,14)10-6-4-3-5-9-12-11-7-8-11/h11-12H,2-10H2,1H3. The predicted molar refractivity (Wildman–Crippen MR) is 63.8 cm³/mol. The van der Waals surface area contributed by atoms with Crippen molar-refractivity contribution in [3.05, 3.63) is 0 Å². The maximum Gasteiger partial charge on any atom is 0.150 e. The Morgan fingerprint density at radius 1 is 1.13 bits per heavy atom. The summed E-state index contributed by atoms with van der Waals surface area (Å²) in [6.45, 7) is 2.82. The van der Waals surface area contributed by atoms with Crippen LogP contribution in [0, 0.1) is 0 Å². The van der Waals surface area contributed by atoms with E-state index in [0.717, 1.165) is 31.8 Å². The van der Waals surface area contributed by atoms with Crippen LogP contribution >= 0.6 is 0 Å². The maximum absolute atomic E-state index is 11.2. The molecule has 1 N–H and O–H groups in total. The molecule has 0 aromatic carbocycles. The highest BCUT2D eigenvalue weighted by Gasteiger charge is 2.19. The van der Waals surface area contributed by atoms with Gasteiger partial charge < -0.3 is 5.32 Å². The average Bonchev–Trinajstić information content (AvgIpc) is 3.00.